The predicted octanol–water partition coefficient (Wildman–Crippen LogP) is 6.97. The number of carbonyl (C=O) groups is 2. The number of aryl methyl sites for hydroxylation is 2. The minimum atomic E-state index is -0.900. The monoisotopic (exact) mass is 632 g/mol. The van der Waals surface area contributed by atoms with Crippen LogP contribution in [0.3, 0.4) is 0 Å². The number of ether oxygens (including phenoxy) is 3. The number of anilines is 1. The van der Waals surface area contributed by atoms with Gasteiger partial charge in [0.25, 0.3) is 0 Å². The third-order valence-corrected chi connectivity index (χ3v) is 9.40. The molecule has 0 radical (unpaired) electrons. The maximum Gasteiger partial charge on any atom is 0.308 e. The van der Waals surface area contributed by atoms with Crippen LogP contribution in [-0.2, 0) is 16.0 Å². The lowest BCUT2D eigenvalue weighted by molar-refractivity contribution is -0.143. The van der Waals surface area contributed by atoms with Crippen LogP contribution in [0, 0.1) is 18.7 Å². The Hall–Kier alpha value is -4.11. The number of halogens is 1. The molecular formula is C37H45FN2O6. The molecule has 1 N–H and O–H groups in total. The average molecular weight is 633 g/mol. The van der Waals surface area contributed by atoms with Crippen LogP contribution in [0.25, 0.3) is 0 Å². The maximum absolute atomic E-state index is 14.5. The van der Waals surface area contributed by atoms with Gasteiger partial charge >= 0.3 is 5.97 Å². The van der Waals surface area contributed by atoms with Crippen molar-refractivity contribution < 1.29 is 33.3 Å². The van der Waals surface area contributed by atoms with Gasteiger partial charge in [0.2, 0.25) is 12.7 Å². The van der Waals surface area contributed by atoms with Gasteiger partial charge in [0.1, 0.15) is 11.6 Å². The summed E-state index contributed by atoms with van der Waals surface area (Å²) >= 11 is 0. The SMILES string of the molecule is CCCC(CCC)N(C(=O)CN1C[C@H](c2ccc3c(c2)OCO3)[C@@H](C(=O)O)[C@@H]1CCc1ccccc1OC)c1ccc(F)c(C)c1. The summed E-state index contributed by atoms with van der Waals surface area (Å²) in [5.74, 6) is -0.470. The summed E-state index contributed by atoms with van der Waals surface area (Å²) in [5.41, 5.74) is 2.98. The molecule has 2 aliphatic heterocycles. The molecular weight excluding hydrogens is 587 g/mol. The van der Waals surface area contributed by atoms with Crippen LogP contribution in [0.15, 0.2) is 60.7 Å². The number of para-hydroxylation sites is 1. The molecule has 246 valence electrons. The van der Waals surface area contributed by atoms with Crippen LogP contribution in [0.2, 0.25) is 0 Å². The number of fused-ring (bicyclic) bond motifs is 1. The summed E-state index contributed by atoms with van der Waals surface area (Å²) in [6.07, 6.45) is 4.52. The molecule has 2 heterocycles. The van der Waals surface area contributed by atoms with E-state index in [1.807, 2.05) is 52.3 Å². The van der Waals surface area contributed by atoms with E-state index in [0.29, 0.717) is 42.1 Å². The lowest BCUT2D eigenvalue weighted by Gasteiger charge is -2.35. The molecule has 0 bridgehead atoms. The summed E-state index contributed by atoms with van der Waals surface area (Å²) < 4.78 is 31.1. The Morgan fingerprint density at radius 3 is 2.48 bits per heavy atom. The standard InChI is InChI=1S/C37H45FN2O6/c1-5-9-27(10-6-2)40(28-15-16-30(38)24(3)19-28)35(41)22-39-21-29(26-14-18-33-34(20-26)46-23-45-33)36(37(42)43)31(39)17-13-25-11-7-8-12-32(25)44-4/h7-8,11-12,14-16,18-20,27,29,31,36H,5-6,9-10,13,17,21-23H2,1-4H3,(H,42,43)/t29-,31+,36-/m1/s1. The normalized spacial score (nSPS) is 19.0. The van der Waals surface area contributed by atoms with Crippen molar-refractivity contribution in [1.29, 1.82) is 0 Å². The second-order valence-electron chi connectivity index (χ2n) is 12.4. The third-order valence-electron chi connectivity index (χ3n) is 9.40. The molecule has 0 unspecified atom stereocenters. The lowest BCUT2D eigenvalue weighted by atomic mass is 9.83. The number of methoxy groups -OCH3 is 1. The number of hydrogen-bond acceptors (Lipinski definition) is 6. The highest BCUT2D eigenvalue weighted by Gasteiger charge is 2.47. The molecule has 1 amide bonds. The van der Waals surface area contributed by atoms with Crippen molar-refractivity contribution in [3.05, 3.63) is 83.2 Å². The molecule has 1 fully saturated rings. The minimum absolute atomic E-state index is 0.0434. The number of benzene rings is 3. The summed E-state index contributed by atoms with van der Waals surface area (Å²) in [5, 5.41) is 10.7. The fourth-order valence-corrected chi connectivity index (χ4v) is 7.20. The predicted molar refractivity (Wildman–Crippen MR) is 175 cm³/mol. The number of aliphatic carboxylic acids is 1. The Morgan fingerprint density at radius 1 is 1.04 bits per heavy atom. The molecule has 9 heteroatoms. The highest BCUT2D eigenvalue weighted by atomic mass is 19.1. The second kappa shape index (κ2) is 15.0. The Kier molecular flexibility index (Phi) is 10.8. The van der Waals surface area contributed by atoms with E-state index in [1.54, 1.807) is 26.2 Å². The second-order valence-corrected chi connectivity index (χ2v) is 12.4. The van der Waals surface area contributed by atoms with Crippen molar-refractivity contribution in [1.82, 2.24) is 4.90 Å². The molecule has 46 heavy (non-hydrogen) atoms. The van der Waals surface area contributed by atoms with Gasteiger partial charge in [-0.05, 0) is 85.7 Å². The van der Waals surface area contributed by atoms with Gasteiger partial charge in [-0.2, -0.15) is 0 Å². The summed E-state index contributed by atoms with van der Waals surface area (Å²) in [7, 11) is 1.63. The molecule has 3 aromatic carbocycles. The van der Waals surface area contributed by atoms with E-state index in [2.05, 4.69) is 13.8 Å². The van der Waals surface area contributed by atoms with Crippen molar-refractivity contribution in [3.63, 3.8) is 0 Å². The number of carboxylic acid groups (broad SMARTS) is 1. The van der Waals surface area contributed by atoms with Crippen LogP contribution in [-0.4, -0.2) is 61.0 Å². The zero-order valence-electron chi connectivity index (χ0n) is 27.2. The molecule has 5 rings (SSSR count). The number of nitrogens with zero attached hydrogens (tertiary/aromatic N) is 2. The topological polar surface area (TPSA) is 88.5 Å². The van der Waals surface area contributed by atoms with Gasteiger partial charge in [-0.25, -0.2) is 4.39 Å². The smallest absolute Gasteiger partial charge is 0.308 e. The zero-order chi connectivity index (χ0) is 32.8. The first kappa shape index (κ1) is 33.3. The van der Waals surface area contributed by atoms with Crippen molar-refractivity contribution in [2.75, 3.05) is 31.9 Å². The Morgan fingerprint density at radius 2 is 1.78 bits per heavy atom. The van der Waals surface area contributed by atoms with Crippen LogP contribution in [0.1, 0.15) is 68.6 Å². The van der Waals surface area contributed by atoms with Crippen LogP contribution in [0.4, 0.5) is 10.1 Å². The first-order chi connectivity index (χ1) is 22.2. The van der Waals surface area contributed by atoms with Gasteiger partial charge < -0.3 is 24.2 Å². The van der Waals surface area contributed by atoms with Crippen LogP contribution in [0.5, 0.6) is 17.2 Å². The van der Waals surface area contributed by atoms with Gasteiger partial charge in [0.15, 0.2) is 11.5 Å². The van der Waals surface area contributed by atoms with E-state index < -0.39 is 17.9 Å². The van der Waals surface area contributed by atoms with E-state index in [4.69, 9.17) is 14.2 Å². The number of amides is 1. The van der Waals surface area contributed by atoms with E-state index in [-0.39, 0.29) is 37.0 Å². The third kappa shape index (κ3) is 7.15. The lowest BCUT2D eigenvalue weighted by Crippen LogP contribution is -2.48. The molecule has 2 aliphatic rings. The van der Waals surface area contributed by atoms with Gasteiger partial charge in [-0.1, -0.05) is 51.0 Å². The summed E-state index contributed by atoms with van der Waals surface area (Å²) in [6.45, 7) is 6.47. The Labute approximate surface area is 271 Å². The maximum atomic E-state index is 14.5. The van der Waals surface area contributed by atoms with E-state index in [9.17, 15) is 19.1 Å². The average Bonchev–Trinajstić information content (AvgIpc) is 3.66. The zero-order valence-corrected chi connectivity index (χ0v) is 27.2. The molecule has 3 aromatic rings. The molecule has 0 aromatic heterocycles. The van der Waals surface area contributed by atoms with Crippen molar-refractivity contribution >= 4 is 17.6 Å². The highest BCUT2D eigenvalue weighted by Crippen LogP contribution is 2.43. The molecule has 0 saturated carbocycles. The quantitative estimate of drug-likeness (QED) is 0.205. The first-order valence-corrected chi connectivity index (χ1v) is 16.3. The Balaban J connectivity index is 1.50. The number of rotatable bonds is 14. The number of carboxylic acids is 1. The summed E-state index contributed by atoms with van der Waals surface area (Å²) in [4.78, 5) is 31.4. The van der Waals surface area contributed by atoms with Gasteiger partial charge in [-0.15, -0.1) is 0 Å². The molecule has 0 aliphatic carbocycles. The first-order valence-electron chi connectivity index (χ1n) is 16.3. The Bertz CT molecular complexity index is 1520. The molecule has 1 saturated heterocycles. The largest absolute Gasteiger partial charge is 0.496 e. The van der Waals surface area contributed by atoms with Crippen molar-refractivity contribution in [3.8, 4) is 17.2 Å². The van der Waals surface area contributed by atoms with E-state index in [1.165, 1.54) is 6.07 Å². The number of likely N-dealkylation sites (tertiary alicyclic amines) is 1. The fraction of sp³-hybridized carbons (Fsp3) is 0.459. The van der Waals surface area contributed by atoms with Crippen molar-refractivity contribution in [2.45, 2.75) is 77.3 Å². The van der Waals surface area contributed by atoms with Gasteiger partial charge in [-0.3, -0.25) is 14.5 Å². The highest BCUT2D eigenvalue weighted by molar-refractivity contribution is 5.95. The number of carbonyl (C=O) groups excluding carboxylic acids is 1. The van der Waals surface area contributed by atoms with Crippen molar-refractivity contribution in [2.24, 2.45) is 5.92 Å². The van der Waals surface area contributed by atoms with Gasteiger partial charge in [0, 0.05) is 30.2 Å². The van der Waals surface area contributed by atoms with Crippen LogP contribution >= 0.6 is 0 Å². The van der Waals surface area contributed by atoms with Crippen LogP contribution < -0.4 is 19.1 Å². The number of hydrogen-bond donors (Lipinski definition) is 1. The molecule has 3 atom stereocenters. The van der Waals surface area contributed by atoms with E-state index >= 15 is 0 Å². The minimum Gasteiger partial charge on any atom is -0.496 e. The van der Waals surface area contributed by atoms with E-state index in [0.717, 1.165) is 42.6 Å². The van der Waals surface area contributed by atoms with Gasteiger partial charge in [0.05, 0.1) is 19.6 Å². The fourth-order valence-electron chi connectivity index (χ4n) is 7.20. The summed E-state index contributed by atoms with van der Waals surface area (Å²) in [6, 6.07) is 17.7. The molecule has 8 nitrogen and oxygen atoms in total. The molecule has 0 spiro atoms.